The molecule has 0 aromatic heterocycles. The molecule has 2 amide bonds. The molecule has 0 radical (unpaired) electrons. The topological polar surface area (TPSA) is 67.9 Å². The monoisotopic (exact) mass is 462 g/mol. The lowest BCUT2D eigenvalue weighted by atomic mass is 9.87. The number of nitrogens with one attached hydrogen (secondary N) is 1. The summed E-state index contributed by atoms with van der Waals surface area (Å²) in [5.41, 5.74) is 1.73. The van der Waals surface area contributed by atoms with Crippen molar-refractivity contribution in [2.45, 2.75) is 12.5 Å². The summed E-state index contributed by atoms with van der Waals surface area (Å²) in [7, 11) is 3.13. The van der Waals surface area contributed by atoms with Crippen molar-refractivity contribution in [3.05, 3.63) is 95.3 Å². The van der Waals surface area contributed by atoms with Gasteiger partial charge in [-0.05, 0) is 35.9 Å². The molecule has 7 heteroatoms. The highest BCUT2D eigenvalue weighted by molar-refractivity contribution is 5.95. The lowest BCUT2D eigenvalue weighted by Crippen LogP contribution is -2.35. The minimum Gasteiger partial charge on any atom is -0.497 e. The number of benzene rings is 3. The molecule has 1 N–H and O–H groups in total. The van der Waals surface area contributed by atoms with Crippen LogP contribution in [0.2, 0.25) is 0 Å². The molecular formula is C27H27FN2O4. The van der Waals surface area contributed by atoms with Crippen molar-refractivity contribution in [2.24, 2.45) is 5.92 Å². The number of amides is 2. The normalized spacial score (nSPS) is 17.3. The summed E-state index contributed by atoms with van der Waals surface area (Å²) in [6, 6.07) is 20.9. The molecule has 0 unspecified atom stereocenters. The first-order chi connectivity index (χ1) is 16.5. The summed E-state index contributed by atoms with van der Waals surface area (Å²) in [6.45, 7) is 0.790. The number of carbonyl (C=O) groups is 2. The van der Waals surface area contributed by atoms with Gasteiger partial charge in [0.1, 0.15) is 17.3 Å². The predicted molar refractivity (Wildman–Crippen MR) is 126 cm³/mol. The number of nitrogens with zero attached hydrogens (tertiary/aromatic N) is 1. The van der Waals surface area contributed by atoms with Crippen LogP contribution in [-0.2, 0) is 11.3 Å². The van der Waals surface area contributed by atoms with Gasteiger partial charge in [0.15, 0.2) is 0 Å². The maximum atomic E-state index is 14.3. The quantitative estimate of drug-likeness (QED) is 0.576. The predicted octanol–water partition coefficient (Wildman–Crippen LogP) is 4.02. The Morgan fingerprint density at radius 1 is 0.971 bits per heavy atom. The molecule has 1 aliphatic rings. The number of likely N-dealkylation sites (tertiary alicyclic amines) is 1. The third-order valence-corrected chi connectivity index (χ3v) is 6.19. The summed E-state index contributed by atoms with van der Waals surface area (Å²) < 4.78 is 25.3. The number of carbonyl (C=O) groups excluding carboxylic acids is 2. The van der Waals surface area contributed by atoms with Crippen molar-refractivity contribution < 1.29 is 23.5 Å². The van der Waals surface area contributed by atoms with Crippen LogP contribution >= 0.6 is 0 Å². The third kappa shape index (κ3) is 4.88. The Balaban J connectivity index is 1.64. The zero-order valence-corrected chi connectivity index (χ0v) is 19.2. The highest BCUT2D eigenvalue weighted by Gasteiger charge is 2.42. The summed E-state index contributed by atoms with van der Waals surface area (Å²) in [4.78, 5) is 28.0. The molecule has 4 rings (SSSR count). The van der Waals surface area contributed by atoms with E-state index in [1.54, 1.807) is 38.5 Å². The molecule has 1 aliphatic heterocycles. The molecule has 0 spiro atoms. The molecule has 1 heterocycles. The lowest BCUT2D eigenvalue weighted by Gasteiger charge is -2.21. The van der Waals surface area contributed by atoms with Crippen LogP contribution in [0.15, 0.2) is 72.8 Å². The fourth-order valence-electron chi connectivity index (χ4n) is 4.40. The van der Waals surface area contributed by atoms with Crippen LogP contribution in [0.3, 0.4) is 0 Å². The molecule has 176 valence electrons. The van der Waals surface area contributed by atoms with Gasteiger partial charge in [0.25, 0.3) is 5.91 Å². The molecule has 1 fully saturated rings. The van der Waals surface area contributed by atoms with Gasteiger partial charge in [0, 0.05) is 31.1 Å². The van der Waals surface area contributed by atoms with E-state index in [1.807, 2.05) is 36.4 Å². The Kier molecular flexibility index (Phi) is 7.11. The first kappa shape index (κ1) is 23.3. The van der Waals surface area contributed by atoms with E-state index in [4.69, 9.17) is 9.47 Å². The third-order valence-electron chi connectivity index (χ3n) is 6.19. The van der Waals surface area contributed by atoms with Crippen molar-refractivity contribution >= 4 is 11.8 Å². The lowest BCUT2D eigenvalue weighted by molar-refractivity contribution is -0.125. The van der Waals surface area contributed by atoms with Crippen LogP contribution in [0, 0.1) is 11.7 Å². The van der Waals surface area contributed by atoms with Gasteiger partial charge in [-0.1, -0.05) is 42.5 Å². The number of hydrogen-bond donors (Lipinski definition) is 1. The van der Waals surface area contributed by atoms with Gasteiger partial charge in [0.2, 0.25) is 5.91 Å². The maximum absolute atomic E-state index is 14.3. The zero-order chi connectivity index (χ0) is 24.1. The van der Waals surface area contributed by atoms with E-state index in [2.05, 4.69) is 5.32 Å². The Hall–Kier alpha value is -3.87. The molecule has 3 aromatic carbocycles. The van der Waals surface area contributed by atoms with Gasteiger partial charge in [-0.15, -0.1) is 0 Å². The highest BCUT2D eigenvalue weighted by Crippen LogP contribution is 2.40. The minimum atomic E-state index is -0.583. The van der Waals surface area contributed by atoms with Gasteiger partial charge in [-0.3, -0.25) is 9.59 Å². The molecule has 34 heavy (non-hydrogen) atoms. The van der Waals surface area contributed by atoms with Gasteiger partial charge < -0.3 is 19.7 Å². The maximum Gasteiger partial charge on any atom is 0.256 e. The van der Waals surface area contributed by atoms with E-state index in [0.717, 1.165) is 11.1 Å². The second-order valence-electron chi connectivity index (χ2n) is 8.21. The van der Waals surface area contributed by atoms with Crippen molar-refractivity contribution in [2.75, 3.05) is 27.3 Å². The fraction of sp³-hybridized carbons (Fsp3) is 0.259. The average Bonchev–Trinajstić information content (AvgIpc) is 3.33. The van der Waals surface area contributed by atoms with Crippen LogP contribution in [-0.4, -0.2) is 44.0 Å². The Morgan fingerprint density at radius 3 is 2.41 bits per heavy atom. The van der Waals surface area contributed by atoms with Crippen LogP contribution in [0.4, 0.5) is 4.39 Å². The largest absolute Gasteiger partial charge is 0.497 e. The van der Waals surface area contributed by atoms with Crippen molar-refractivity contribution in [3.8, 4) is 11.5 Å². The molecule has 0 aliphatic carbocycles. The highest BCUT2D eigenvalue weighted by atomic mass is 19.1. The van der Waals surface area contributed by atoms with Gasteiger partial charge in [-0.25, -0.2) is 4.39 Å². The fourth-order valence-corrected chi connectivity index (χ4v) is 4.40. The van der Waals surface area contributed by atoms with Gasteiger partial charge in [-0.2, -0.15) is 0 Å². The SMILES string of the molecule is COc1ccc(OC)c([C@H]2CN(C(=O)c3ccccc3F)C[C@@H]2C(=O)NCc2ccccc2)c1. The number of halogens is 1. The molecule has 6 nitrogen and oxygen atoms in total. The summed E-state index contributed by atoms with van der Waals surface area (Å²) in [5.74, 6) is -0.868. The van der Waals surface area contributed by atoms with Crippen molar-refractivity contribution in [1.29, 1.82) is 0 Å². The van der Waals surface area contributed by atoms with Crippen LogP contribution in [0.5, 0.6) is 11.5 Å². The number of rotatable bonds is 7. The van der Waals surface area contributed by atoms with E-state index in [-0.39, 0.29) is 30.5 Å². The number of hydrogen-bond acceptors (Lipinski definition) is 4. The molecular weight excluding hydrogens is 435 g/mol. The Morgan fingerprint density at radius 2 is 1.71 bits per heavy atom. The molecule has 0 bridgehead atoms. The molecule has 2 atom stereocenters. The van der Waals surface area contributed by atoms with E-state index >= 15 is 0 Å². The van der Waals surface area contributed by atoms with Crippen LogP contribution in [0.25, 0.3) is 0 Å². The second-order valence-corrected chi connectivity index (χ2v) is 8.21. The molecule has 0 saturated carbocycles. The van der Waals surface area contributed by atoms with Crippen LogP contribution in [0.1, 0.15) is 27.4 Å². The Bertz CT molecular complexity index is 1170. The second kappa shape index (κ2) is 10.4. The minimum absolute atomic E-state index is 0.01000. The van der Waals surface area contributed by atoms with E-state index in [9.17, 15) is 14.0 Å². The first-order valence-electron chi connectivity index (χ1n) is 11.1. The van der Waals surface area contributed by atoms with E-state index < -0.39 is 17.6 Å². The van der Waals surface area contributed by atoms with E-state index in [1.165, 1.54) is 17.0 Å². The summed E-state index contributed by atoms with van der Waals surface area (Å²) >= 11 is 0. The smallest absolute Gasteiger partial charge is 0.256 e. The zero-order valence-electron chi connectivity index (χ0n) is 19.2. The average molecular weight is 463 g/mol. The molecule has 1 saturated heterocycles. The summed E-state index contributed by atoms with van der Waals surface area (Å²) in [6.07, 6.45) is 0. The van der Waals surface area contributed by atoms with Gasteiger partial charge in [0.05, 0.1) is 25.7 Å². The van der Waals surface area contributed by atoms with Gasteiger partial charge >= 0.3 is 0 Å². The standard InChI is InChI=1S/C27H27FN2O4/c1-33-19-12-13-25(34-2)21(14-19)22-16-30(27(32)20-10-6-7-11-24(20)28)17-23(22)26(31)29-15-18-8-4-3-5-9-18/h3-14,22-23H,15-17H2,1-2H3,(H,29,31)/t22-,23+/m1/s1. The number of methoxy groups -OCH3 is 2. The van der Waals surface area contributed by atoms with Crippen molar-refractivity contribution in [3.63, 3.8) is 0 Å². The van der Waals surface area contributed by atoms with E-state index in [0.29, 0.717) is 18.0 Å². The van der Waals surface area contributed by atoms with Crippen LogP contribution < -0.4 is 14.8 Å². The van der Waals surface area contributed by atoms with Crippen molar-refractivity contribution in [1.82, 2.24) is 10.2 Å². The number of ether oxygens (including phenoxy) is 2. The Labute approximate surface area is 198 Å². The summed E-state index contributed by atoms with van der Waals surface area (Å²) in [5, 5.41) is 2.99. The molecule has 3 aromatic rings. The first-order valence-corrected chi connectivity index (χ1v) is 11.1.